The monoisotopic (exact) mass is 286 g/mol. The fourth-order valence-corrected chi connectivity index (χ4v) is 1.19. The predicted octanol–water partition coefficient (Wildman–Crippen LogP) is 2.52. The molecule has 0 fully saturated rings. The summed E-state index contributed by atoms with van der Waals surface area (Å²) in [5.41, 5.74) is -0.0316. The number of rotatable bonds is 3. The van der Waals surface area contributed by atoms with Crippen molar-refractivity contribution in [1.82, 2.24) is 4.98 Å². The van der Waals surface area contributed by atoms with Gasteiger partial charge in [-0.1, -0.05) is 0 Å². The average molecular weight is 287 g/mol. The molecule has 0 atom stereocenters. The minimum Gasteiger partial charge on any atom is -0.369 e. The summed E-state index contributed by atoms with van der Waals surface area (Å²) >= 11 is 3.35. The summed E-state index contributed by atoms with van der Waals surface area (Å²) in [5, 5.41) is 2.71. The van der Waals surface area contributed by atoms with Crippen molar-refractivity contribution in [3.05, 3.63) is 22.3 Å². The standard InChI is InChI=1S/C11H15BrN2O2/c1-7-8(12)5-6-9(13-7)14-10(15)11(2,3)16-4/h5-6H,1-4H3,(H,13,14,15). The zero-order valence-electron chi connectivity index (χ0n) is 9.80. The Morgan fingerprint density at radius 2 is 2.12 bits per heavy atom. The molecule has 1 N–H and O–H groups in total. The van der Waals surface area contributed by atoms with Crippen LogP contribution >= 0.6 is 15.9 Å². The number of nitrogens with zero attached hydrogens (tertiary/aromatic N) is 1. The third kappa shape index (κ3) is 3.02. The fourth-order valence-electron chi connectivity index (χ4n) is 0.973. The quantitative estimate of drug-likeness (QED) is 0.929. The lowest BCUT2D eigenvalue weighted by Gasteiger charge is -2.21. The number of carbonyl (C=O) groups excluding carboxylic acids is 1. The van der Waals surface area contributed by atoms with E-state index in [1.165, 1.54) is 7.11 Å². The maximum Gasteiger partial charge on any atom is 0.257 e. The van der Waals surface area contributed by atoms with Crippen molar-refractivity contribution in [2.24, 2.45) is 0 Å². The van der Waals surface area contributed by atoms with Crippen LogP contribution in [0, 0.1) is 6.92 Å². The number of aryl methyl sites for hydroxylation is 1. The van der Waals surface area contributed by atoms with Crippen LogP contribution in [0.5, 0.6) is 0 Å². The lowest BCUT2D eigenvalue weighted by Crippen LogP contribution is -2.39. The molecule has 1 aromatic heterocycles. The Balaban J connectivity index is 2.82. The first kappa shape index (κ1) is 13.1. The van der Waals surface area contributed by atoms with E-state index in [1.807, 2.05) is 13.0 Å². The molecule has 0 bridgehead atoms. The number of nitrogens with one attached hydrogen (secondary N) is 1. The summed E-state index contributed by atoms with van der Waals surface area (Å²) in [6.07, 6.45) is 0. The van der Waals surface area contributed by atoms with E-state index in [-0.39, 0.29) is 5.91 Å². The van der Waals surface area contributed by atoms with Gasteiger partial charge in [-0.15, -0.1) is 0 Å². The van der Waals surface area contributed by atoms with Crippen LogP contribution in [-0.4, -0.2) is 23.6 Å². The van der Waals surface area contributed by atoms with Crippen LogP contribution in [0.15, 0.2) is 16.6 Å². The summed E-state index contributed by atoms with van der Waals surface area (Å²) in [4.78, 5) is 16.0. The van der Waals surface area contributed by atoms with E-state index in [0.717, 1.165) is 10.2 Å². The maximum absolute atomic E-state index is 11.8. The Morgan fingerprint density at radius 3 is 2.62 bits per heavy atom. The number of hydrogen-bond acceptors (Lipinski definition) is 3. The third-order valence-corrected chi connectivity index (χ3v) is 3.16. The van der Waals surface area contributed by atoms with Crippen LogP contribution in [-0.2, 0) is 9.53 Å². The molecule has 1 amide bonds. The second-order valence-electron chi connectivity index (χ2n) is 3.93. The molecule has 0 aliphatic carbocycles. The van der Waals surface area contributed by atoms with Crippen molar-refractivity contribution >= 4 is 27.7 Å². The normalized spacial score (nSPS) is 11.3. The highest BCUT2D eigenvalue weighted by molar-refractivity contribution is 9.10. The lowest BCUT2D eigenvalue weighted by molar-refractivity contribution is -0.133. The van der Waals surface area contributed by atoms with E-state index < -0.39 is 5.60 Å². The molecule has 1 heterocycles. The minimum absolute atomic E-state index is 0.218. The highest BCUT2D eigenvalue weighted by Crippen LogP contribution is 2.17. The van der Waals surface area contributed by atoms with Crippen molar-refractivity contribution in [3.63, 3.8) is 0 Å². The Bertz CT molecular complexity index is 405. The first-order valence-corrected chi connectivity index (χ1v) is 5.66. The Labute approximate surface area is 104 Å². The second-order valence-corrected chi connectivity index (χ2v) is 4.79. The average Bonchev–Trinajstić information content (AvgIpc) is 2.23. The molecular weight excluding hydrogens is 272 g/mol. The number of halogens is 1. The number of ether oxygens (including phenoxy) is 1. The van der Waals surface area contributed by atoms with Gasteiger partial charge in [0.1, 0.15) is 11.4 Å². The number of carbonyl (C=O) groups is 1. The molecule has 0 aliphatic heterocycles. The Kier molecular flexibility index (Phi) is 4.04. The first-order chi connectivity index (χ1) is 7.36. The minimum atomic E-state index is -0.858. The highest BCUT2D eigenvalue weighted by atomic mass is 79.9. The van der Waals surface area contributed by atoms with Gasteiger partial charge < -0.3 is 10.1 Å². The number of anilines is 1. The molecule has 0 radical (unpaired) electrons. The highest BCUT2D eigenvalue weighted by Gasteiger charge is 2.27. The van der Waals surface area contributed by atoms with Gasteiger partial charge in [0.05, 0.1) is 5.69 Å². The van der Waals surface area contributed by atoms with Gasteiger partial charge in [0, 0.05) is 11.6 Å². The molecule has 5 heteroatoms. The second kappa shape index (κ2) is 4.93. The SMILES string of the molecule is COC(C)(C)C(=O)Nc1ccc(Br)c(C)n1. The van der Waals surface area contributed by atoms with Gasteiger partial charge in [0.2, 0.25) is 0 Å². The summed E-state index contributed by atoms with van der Waals surface area (Å²) in [6.45, 7) is 5.27. The van der Waals surface area contributed by atoms with Gasteiger partial charge in [0.15, 0.2) is 0 Å². The van der Waals surface area contributed by atoms with E-state index in [1.54, 1.807) is 19.9 Å². The summed E-state index contributed by atoms with van der Waals surface area (Å²) in [7, 11) is 1.50. The predicted molar refractivity (Wildman–Crippen MR) is 66.4 cm³/mol. The van der Waals surface area contributed by atoms with Gasteiger partial charge >= 0.3 is 0 Å². The van der Waals surface area contributed by atoms with Gasteiger partial charge in [-0.05, 0) is 48.8 Å². The van der Waals surface area contributed by atoms with E-state index in [4.69, 9.17) is 4.74 Å². The number of methoxy groups -OCH3 is 1. The van der Waals surface area contributed by atoms with Crippen molar-refractivity contribution in [2.45, 2.75) is 26.4 Å². The molecule has 0 aromatic carbocycles. The van der Waals surface area contributed by atoms with Crippen molar-refractivity contribution in [1.29, 1.82) is 0 Å². The molecule has 1 aromatic rings. The van der Waals surface area contributed by atoms with Gasteiger partial charge in [-0.3, -0.25) is 4.79 Å². The van der Waals surface area contributed by atoms with E-state index in [0.29, 0.717) is 5.82 Å². The molecule has 0 saturated carbocycles. The number of pyridine rings is 1. The molecule has 1 rings (SSSR count). The van der Waals surface area contributed by atoms with Crippen LogP contribution in [0.4, 0.5) is 5.82 Å². The van der Waals surface area contributed by atoms with Crippen molar-refractivity contribution in [3.8, 4) is 0 Å². The summed E-state index contributed by atoms with van der Waals surface area (Å²) in [6, 6.07) is 3.58. The van der Waals surface area contributed by atoms with Crippen LogP contribution in [0.2, 0.25) is 0 Å². The Hall–Kier alpha value is -0.940. The van der Waals surface area contributed by atoms with Crippen molar-refractivity contribution < 1.29 is 9.53 Å². The van der Waals surface area contributed by atoms with Gasteiger partial charge in [-0.2, -0.15) is 0 Å². The summed E-state index contributed by atoms with van der Waals surface area (Å²) < 4.78 is 5.99. The third-order valence-electron chi connectivity index (χ3n) is 2.32. The summed E-state index contributed by atoms with van der Waals surface area (Å²) in [5.74, 6) is 0.306. The molecular formula is C11H15BrN2O2. The zero-order chi connectivity index (χ0) is 12.3. The van der Waals surface area contributed by atoms with Crippen LogP contribution in [0.1, 0.15) is 19.5 Å². The molecule has 0 spiro atoms. The Morgan fingerprint density at radius 1 is 1.50 bits per heavy atom. The lowest BCUT2D eigenvalue weighted by atomic mass is 10.1. The molecule has 0 unspecified atom stereocenters. The molecule has 4 nitrogen and oxygen atoms in total. The smallest absolute Gasteiger partial charge is 0.257 e. The van der Waals surface area contributed by atoms with E-state index in [2.05, 4.69) is 26.2 Å². The van der Waals surface area contributed by atoms with E-state index in [9.17, 15) is 4.79 Å². The topological polar surface area (TPSA) is 51.2 Å². The van der Waals surface area contributed by atoms with Crippen LogP contribution in [0.25, 0.3) is 0 Å². The molecule has 16 heavy (non-hydrogen) atoms. The van der Waals surface area contributed by atoms with E-state index >= 15 is 0 Å². The first-order valence-electron chi connectivity index (χ1n) is 4.86. The maximum atomic E-state index is 11.8. The van der Waals surface area contributed by atoms with Gasteiger partial charge in [-0.25, -0.2) is 4.98 Å². The fraction of sp³-hybridized carbons (Fsp3) is 0.455. The van der Waals surface area contributed by atoms with Crippen molar-refractivity contribution in [2.75, 3.05) is 12.4 Å². The number of amides is 1. The number of hydrogen-bond donors (Lipinski definition) is 1. The molecule has 88 valence electrons. The molecule has 0 aliphatic rings. The van der Waals surface area contributed by atoms with Crippen LogP contribution < -0.4 is 5.32 Å². The largest absolute Gasteiger partial charge is 0.369 e. The number of aromatic nitrogens is 1. The van der Waals surface area contributed by atoms with Gasteiger partial charge in [0.25, 0.3) is 5.91 Å². The van der Waals surface area contributed by atoms with Crippen LogP contribution in [0.3, 0.4) is 0 Å². The molecule has 0 saturated heterocycles. The zero-order valence-corrected chi connectivity index (χ0v) is 11.4.